The molecule has 0 N–H and O–H groups in total. The second-order valence-electron chi connectivity index (χ2n) is 4.80. The smallest absolute Gasteiger partial charge is 0.260 e. The second-order valence-corrected chi connectivity index (χ2v) is 4.80. The molecule has 0 fully saturated rings. The molecular formula is C17H17F2NO2. The Hall–Kier alpha value is -2.27. The van der Waals surface area contributed by atoms with Gasteiger partial charge in [-0.1, -0.05) is 36.4 Å². The molecule has 0 atom stereocenters. The molecule has 0 aliphatic heterocycles. The number of carbonyl (C=O) groups excluding carboxylic acids is 1. The molecule has 2 rings (SSSR count). The van der Waals surface area contributed by atoms with E-state index in [1.54, 1.807) is 0 Å². The largest absolute Gasteiger partial charge is 0.383 e. The maximum absolute atomic E-state index is 13.8. The van der Waals surface area contributed by atoms with Gasteiger partial charge in [-0.05, 0) is 17.7 Å². The van der Waals surface area contributed by atoms with Gasteiger partial charge in [0.1, 0.15) is 17.2 Å². The van der Waals surface area contributed by atoms with Gasteiger partial charge < -0.3 is 9.64 Å². The van der Waals surface area contributed by atoms with Gasteiger partial charge in [0.25, 0.3) is 5.91 Å². The van der Waals surface area contributed by atoms with E-state index in [0.29, 0.717) is 0 Å². The molecule has 0 aliphatic carbocycles. The molecule has 0 bridgehead atoms. The molecule has 0 radical (unpaired) electrons. The number of halogens is 2. The van der Waals surface area contributed by atoms with Crippen LogP contribution in [0.3, 0.4) is 0 Å². The predicted octanol–water partition coefficient (Wildman–Crippen LogP) is 3.25. The summed E-state index contributed by atoms with van der Waals surface area (Å²) in [5.41, 5.74) is 0.346. The van der Waals surface area contributed by atoms with Gasteiger partial charge >= 0.3 is 0 Å². The van der Waals surface area contributed by atoms with Crippen LogP contribution in [0.5, 0.6) is 0 Å². The molecule has 2 aromatic rings. The van der Waals surface area contributed by atoms with E-state index >= 15 is 0 Å². The van der Waals surface area contributed by atoms with Crippen molar-refractivity contribution in [3.63, 3.8) is 0 Å². The van der Waals surface area contributed by atoms with Crippen LogP contribution in [0.1, 0.15) is 15.9 Å². The van der Waals surface area contributed by atoms with Crippen LogP contribution in [0.25, 0.3) is 0 Å². The van der Waals surface area contributed by atoms with E-state index < -0.39 is 23.1 Å². The Kier molecular flexibility index (Phi) is 5.61. The Labute approximate surface area is 128 Å². The number of methoxy groups -OCH3 is 1. The van der Waals surface area contributed by atoms with Gasteiger partial charge in [0, 0.05) is 20.2 Å². The number of hydrogen-bond donors (Lipinski definition) is 0. The first-order chi connectivity index (χ1) is 10.6. The van der Waals surface area contributed by atoms with Crippen LogP contribution >= 0.6 is 0 Å². The normalized spacial score (nSPS) is 10.5. The van der Waals surface area contributed by atoms with Crippen molar-refractivity contribution < 1.29 is 18.3 Å². The van der Waals surface area contributed by atoms with Crippen LogP contribution < -0.4 is 0 Å². The number of amides is 1. The van der Waals surface area contributed by atoms with Crippen molar-refractivity contribution in [3.8, 4) is 0 Å². The quantitative estimate of drug-likeness (QED) is 0.820. The predicted molar refractivity (Wildman–Crippen MR) is 79.4 cm³/mol. The summed E-state index contributed by atoms with van der Waals surface area (Å²) in [5, 5.41) is 0. The summed E-state index contributed by atoms with van der Waals surface area (Å²) in [4.78, 5) is 13.9. The van der Waals surface area contributed by atoms with E-state index in [1.165, 1.54) is 18.1 Å². The topological polar surface area (TPSA) is 29.5 Å². The lowest BCUT2D eigenvalue weighted by Crippen LogP contribution is -2.34. The summed E-state index contributed by atoms with van der Waals surface area (Å²) in [6, 6.07) is 12.6. The first-order valence-corrected chi connectivity index (χ1v) is 6.89. The SMILES string of the molecule is COCCN(Cc1ccccc1)C(=O)c1c(F)cccc1F. The van der Waals surface area contributed by atoms with Gasteiger partial charge in [-0.25, -0.2) is 8.78 Å². The number of nitrogens with zero attached hydrogens (tertiary/aromatic N) is 1. The Morgan fingerprint density at radius 2 is 1.68 bits per heavy atom. The van der Waals surface area contributed by atoms with Crippen molar-refractivity contribution in [1.29, 1.82) is 0 Å². The van der Waals surface area contributed by atoms with Crippen molar-refractivity contribution in [2.45, 2.75) is 6.54 Å². The Bertz CT molecular complexity index is 612. The third kappa shape index (κ3) is 3.89. The highest BCUT2D eigenvalue weighted by molar-refractivity contribution is 5.94. The van der Waals surface area contributed by atoms with E-state index in [2.05, 4.69) is 0 Å². The van der Waals surface area contributed by atoms with Crippen LogP contribution in [0.15, 0.2) is 48.5 Å². The molecule has 0 aliphatic rings. The van der Waals surface area contributed by atoms with Gasteiger partial charge in [-0.2, -0.15) is 0 Å². The molecule has 0 saturated heterocycles. The molecule has 116 valence electrons. The van der Waals surface area contributed by atoms with E-state index in [-0.39, 0.29) is 19.7 Å². The first kappa shape index (κ1) is 16.1. The summed E-state index contributed by atoms with van der Waals surface area (Å²) in [7, 11) is 1.51. The molecule has 5 heteroatoms. The molecule has 2 aromatic carbocycles. The third-order valence-corrected chi connectivity index (χ3v) is 3.25. The number of hydrogen-bond acceptors (Lipinski definition) is 2. The summed E-state index contributed by atoms with van der Waals surface area (Å²) in [5.74, 6) is -2.41. The minimum atomic E-state index is -0.861. The highest BCUT2D eigenvalue weighted by atomic mass is 19.1. The Morgan fingerprint density at radius 1 is 1.05 bits per heavy atom. The Balaban J connectivity index is 2.26. The third-order valence-electron chi connectivity index (χ3n) is 3.25. The lowest BCUT2D eigenvalue weighted by Gasteiger charge is -2.23. The summed E-state index contributed by atoms with van der Waals surface area (Å²) < 4.78 is 32.6. The van der Waals surface area contributed by atoms with Crippen molar-refractivity contribution in [2.75, 3.05) is 20.3 Å². The summed E-state index contributed by atoms with van der Waals surface area (Å²) in [6.45, 7) is 0.795. The van der Waals surface area contributed by atoms with Gasteiger partial charge in [0.05, 0.1) is 6.61 Å². The monoisotopic (exact) mass is 305 g/mol. The zero-order chi connectivity index (χ0) is 15.9. The first-order valence-electron chi connectivity index (χ1n) is 6.89. The van der Waals surface area contributed by atoms with Crippen LogP contribution in [0.2, 0.25) is 0 Å². The van der Waals surface area contributed by atoms with Crippen molar-refractivity contribution in [3.05, 3.63) is 71.3 Å². The average molecular weight is 305 g/mol. The van der Waals surface area contributed by atoms with E-state index in [0.717, 1.165) is 17.7 Å². The van der Waals surface area contributed by atoms with E-state index in [9.17, 15) is 13.6 Å². The number of benzene rings is 2. The molecule has 3 nitrogen and oxygen atoms in total. The van der Waals surface area contributed by atoms with E-state index in [4.69, 9.17) is 4.74 Å². The molecule has 0 spiro atoms. The summed E-state index contributed by atoms with van der Waals surface area (Å²) >= 11 is 0. The lowest BCUT2D eigenvalue weighted by atomic mass is 10.1. The lowest BCUT2D eigenvalue weighted by molar-refractivity contribution is 0.0671. The zero-order valence-electron chi connectivity index (χ0n) is 12.3. The van der Waals surface area contributed by atoms with Gasteiger partial charge in [-0.15, -0.1) is 0 Å². The highest BCUT2D eigenvalue weighted by Crippen LogP contribution is 2.16. The van der Waals surface area contributed by atoms with Crippen molar-refractivity contribution in [2.24, 2.45) is 0 Å². The van der Waals surface area contributed by atoms with E-state index in [1.807, 2.05) is 30.3 Å². The maximum Gasteiger partial charge on any atom is 0.260 e. The molecule has 22 heavy (non-hydrogen) atoms. The number of rotatable bonds is 6. The fourth-order valence-corrected chi connectivity index (χ4v) is 2.12. The molecule has 0 heterocycles. The van der Waals surface area contributed by atoms with Gasteiger partial charge in [0.2, 0.25) is 0 Å². The molecule has 0 aromatic heterocycles. The zero-order valence-corrected chi connectivity index (χ0v) is 12.3. The van der Waals surface area contributed by atoms with Crippen molar-refractivity contribution in [1.82, 2.24) is 4.90 Å². The summed E-state index contributed by atoms with van der Waals surface area (Å²) in [6.07, 6.45) is 0. The van der Waals surface area contributed by atoms with Gasteiger partial charge in [-0.3, -0.25) is 4.79 Å². The average Bonchev–Trinajstić information content (AvgIpc) is 2.52. The highest BCUT2D eigenvalue weighted by Gasteiger charge is 2.23. The maximum atomic E-state index is 13.8. The number of ether oxygens (including phenoxy) is 1. The van der Waals surface area contributed by atoms with Crippen molar-refractivity contribution >= 4 is 5.91 Å². The molecule has 0 saturated carbocycles. The Morgan fingerprint density at radius 3 is 2.27 bits per heavy atom. The fraction of sp³-hybridized carbons (Fsp3) is 0.235. The number of carbonyl (C=O) groups is 1. The molecular weight excluding hydrogens is 288 g/mol. The van der Waals surface area contributed by atoms with Crippen LogP contribution in [-0.4, -0.2) is 31.1 Å². The van der Waals surface area contributed by atoms with Crippen LogP contribution in [0.4, 0.5) is 8.78 Å². The minimum Gasteiger partial charge on any atom is -0.383 e. The molecule has 0 unspecified atom stereocenters. The minimum absolute atomic E-state index is 0.248. The van der Waals surface area contributed by atoms with Crippen LogP contribution in [-0.2, 0) is 11.3 Å². The second kappa shape index (κ2) is 7.66. The van der Waals surface area contributed by atoms with Gasteiger partial charge in [0.15, 0.2) is 0 Å². The molecule has 1 amide bonds. The standard InChI is InChI=1S/C17H17F2NO2/c1-22-11-10-20(12-13-6-3-2-4-7-13)17(21)16-14(18)8-5-9-15(16)19/h2-9H,10-12H2,1H3. The fourth-order valence-electron chi connectivity index (χ4n) is 2.12. The van der Waals surface area contributed by atoms with Crippen LogP contribution in [0, 0.1) is 11.6 Å².